The second-order valence-corrected chi connectivity index (χ2v) is 11.0. The third kappa shape index (κ3) is 14.4. The predicted molar refractivity (Wildman–Crippen MR) is 142 cm³/mol. The number of carbonyl (C=O) groups is 2. The van der Waals surface area contributed by atoms with Gasteiger partial charge in [0.2, 0.25) is 11.6 Å². The van der Waals surface area contributed by atoms with Crippen LogP contribution < -0.4 is 34.0 Å². The molecule has 36 heavy (non-hydrogen) atoms. The Morgan fingerprint density at radius 1 is 0.500 bits per heavy atom. The van der Waals surface area contributed by atoms with Crippen LogP contribution >= 0.6 is 0 Å². The van der Waals surface area contributed by atoms with E-state index in [1.54, 1.807) is 0 Å². The molecule has 0 spiro atoms. The van der Waals surface area contributed by atoms with Gasteiger partial charge in [0.1, 0.15) is 13.1 Å². The summed E-state index contributed by atoms with van der Waals surface area (Å²) in [5.74, 6) is 0.466. The first-order valence-electron chi connectivity index (χ1n) is 13.0. The van der Waals surface area contributed by atoms with Gasteiger partial charge in [-0.1, -0.05) is 86.3 Å². The van der Waals surface area contributed by atoms with Gasteiger partial charge in [0.25, 0.3) is 0 Å². The summed E-state index contributed by atoms with van der Waals surface area (Å²) in [4.78, 5) is 24.9. The number of hydrogen-bond donors (Lipinski definition) is 0. The average molecular weight is 627 g/mol. The summed E-state index contributed by atoms with van der Waals surface area (Å²) in [6.07, 6.45) is 9.98. The lowest BCUT2D eigenvalue weighted by Gasteiger charge is -2.29. The fourth-order valence-electron chi connectivity index (χ4n) is 4.51. The second kappa shape index (κ2) is 18.0. The normalized spacial score (nSPS) is 11.3. The molecule has 0 radical (unpaired) electrons. The number of quaternary nitrogens is 2. The Bertz CT molecular complexity index is 798. The van der Waals surface area contributed by atoms with Crippen molar-refractivity contribution in [2.75, 3.05) is 54.4 Å². The highest BCUT2D eigenvalue weighted by Crippen LogP contribution is 2.13. The zero-order valence-corrected chi connectivity index (χ0v) is 25.9. The first-order chi connectivity index (χ1) is 16.2. The zero-order chi connectivity index (χ0) is 24.9. The molecule has 2 rings (SSSR count). The van der Waals surface area contributed by atoms with E-state index in [-0.39, 0.29) is 45.5 Å². The molecule has 2 aromatic carbocycles. The molecule has 4 nitrogen and oxygen atoms in total. The average Bonchev–Trinajstić information content (AvgIpc) is 2.80. The van der Waals surface area contributed by atoms with Gasteiger partial charge in [-0.2, -0.15) is 0 Å². The van der Waals surface area contributed by atoms with Gasteiger partial charge in [-0.05, 0) is 25.7 Å². The Labute approximate surface area is 240 Å². The van der Waals surface area contributed by atoms with Gasteiger partial charge in [0.05, 0.1) is 41.3 Å². The third-order valence-electron chi connectivity index (χ3n) is 6.61. The van der Waals surface area contributed by atoms with E-state index in [1.807, 2.05) is 60.7 Å². The number of halogens is 2. The van der Waals surface area contributed by atoms with E-state index in [2.05, 4.69) is 28.2 Å². The van der Waals surface area contributed by atoms with Crippen molar-refractivity contribution in [2.45, 2.75) is 51.4 Å². The molecule has 0 aliphatic carbocycles. The molecule has 0 aliphatic rings. The number of unbranched alkanes of at least 4 members (excludes halogenated alkanes) is 7. The van der Waals surface area contributed by atoms with Crippen LogP contribution in [0.4, 0.5) is 0 Å². The number of nitrogens with zero attached hydrogens (tertiary/aromatic N) is 2. The fourth-order valence-corrected chi connectivity index (χ4v) is 4.51. The summed E-state index contributed by atoms with van der Waals surface area (Å²) >= 11 is 0. The number of ketones is 2. The summed E-state index contributed by atoms with van der Waals surface area (Å²) in [6, 6.07) is 19.3. The van der Waals surface area contributed by atoms with E-state index in [1.165, 1.54) is 51.4 Å². The lowest BCUT2D eigenvalue weighted by Crippen LogP contribution is -3.00. The molecule has 0 saturated heterocycles. The van der Waals surface area contributed by atoms with Gasteiger partial charge >= 0.3 is 0 Å². The zero-order valence-electron chi connectivity index (χ0n) is 22.7. The van der Waals surface area contributed by atoms with Crippen LogP contribution in [-0.4, -0.2) is 74.9 Å². The van der Waals surface area contributed by atoms with Gasteiger partial charge in [-0.15, -0.1) is 0 Å². The van der Waals surface area contributed by atoms with Gasteiger partial charge in [0, 0.05) is 11.1 Å². The van der Waals surface area contributed by atoms with Crippen molar-refractivity contribution in [3.8, 4) is 0 Å². The van der Waals surface area contributed by atoms with E-state index in [4.69, 9.17) is 0 Å². The Kier molecular flexibility index (Phi) is 17.3. The van der Waals surface area contributed by atoms with Crippen LogP contribution in [0.1, 0.15) is 72.1 Å². The van der Waals surface area contributed by atoms with Gasteiger partial charge in [-0.3, -0.25) is 9.59 Å². The first-order valence-corrected chi connectivity index (χ1v) is 13.0. The smallest absolute Gasteiger partial charge is 0.216 e. The summed E-state index contributed by atoms with van der Waals surface area (Å²) < 4.78 is 1.52. The van der Waals surface area contributed by atoms with Crippen LogP contribution in [0.3, 0.4) is 0 Å². The molecule has 0 aliphatic heterocycles. The van der Waals surface area contributed by atoms with E-state index in [0.717, 1.165) is 33.2 Å². The van der Waals surface area contributed by atoms with Crippen LogP contribution in [0, 0.1) is 0 Å². The van der Waals surface area contributed by atoms with Crippen LogP contribution in [0.25, 0.3) is 0 Å². The Hall–Kier alpha value is -1.34. The van der Waals surface area contributed by atoms with Crippen molar-refractivity contribution in [3.63, 3.8) is 0 Å². The maximum atomic E-state index is 12.5. The number of likely N-dealkylation sites (N-methyl/N-ethyl adjacent to an activating group) is 2. The Balaban J connectivity index is 0.00000612. The van der Waals surface area contributed by atoms with E-state index >= 15 is 0 Å². The van der Waals surface area contributed by atoms with E-state index in [9.17, 15) is 9.59 Å². The van der Waals surface area contributed by atoms with Gasteiger partial charge in [-0.25, -0.2) is 0 Å². The molecule has 0 unspecified atom stereocenters. The fraction of sp³-hybridized carbons (Fsp3) is 0.533. The molecule has 6 heteroatoms. The molecule has 0 amide bonds. The first kappa shape index (κ1) is 34.7. The van der Waals surface area contributed by atoms with Crippen LogP contribution in [0.2, 0.25) is 0 Å². The molecular formula is C30H46Br2N2O2. The summed E-state index contributed by atoms with van der Waals surface area (Å²) in [7, 11) is 8.64. The molecule has 0 bridgehead atoms. The predicted octanol–water partition coefficient (Wildman–Crippen LogP) is 0.0338. The standard InChI is InChI=1S/C30H46N2O2.2BrH/c1-31(2,25-29(33)27-19-13-11-14-20-27)23-17-9-7-5-6-8-10-18-24-32(3,4)26-30(34)28-21-15-12-16-22-28;;/h11-16,19-22H,5-10,17-18,23-26H2,1-4H3;2*1H/q+2;;/p-2. The summed E-state index contributed by atoms with van der Waals surface area (Å²) in [6.45, 7) is 3.23. The van der Waals surface area contributed by atoms with Crippen molar-refractivity contribution in [2.24, 2.45) is 0 Å². The molecule has 202 valence electrons. The van der Waals surface area contributed by atoms with Crippen molar-refractivity contribution in [1.29, 1.82) is 0 Å². The third-order valence-corrected chi connectivity index (χ3v) is 6.61. The monoisotopic (exact) mass is 624 g/mol. The molecule has 0 fully saturated rings. The summed E-state index contributed by atoms with van der Waals surface area (Å²) in [5, 5.41) is 0. The van der Waals surface area contributed by atoms with Gasteiger partial charge < -0.3 is 42.9 Å². The molecule has 0 heterocycles. The highest BCUT2D eigenvalue weighted by atomic mass is 79.9. The summed E-state index contributed by atoms with van der Waals surface area (Å²) in [5.41, 5.74) is 1.64. The second-order valence-electron chi connectivity index (χ2n) is 11.0. The molecular weight excluding hydrogens is 580 g/mol. The minimum absolute atomic E-state index is 0. The van der Waals surface area contributed by atoms with E-state index in [0.29, 0.717) is 13.1 Å². The maximum Gasteiger partial charge on any atom is 0.216 e. The van der Waals surface area contributed by atoms with Crippen LogP contribution in [-0.2, 0) is 0 Å². The topological polar surface area (TPSA) is 34.1 Å². The lowest BCUT2D eigenvalue weighted by atomic mass is 10.1. The van der Waals surface area contributed by atoms with Gasteiger partial charge in [0.15, 0.2) is 0 Å². The SMILES string of the molecule is C[N+](C)(CCCCCCCCCC[N+](C)(C)CC(=O)c1ccccc1)CC(=O)c1ccccc1.[Br-].[Br-]. The van der Waals surface area contributed by atoms with E-state index < -0.39 is 0 Å². The van der Waals surface area contributed by atoms with Crippen molar-refractivity contribution in [1.82, 2.24) is 0 Å². The van der Waals surface area contributed by atoms with Crippen molar-refractivity contribution >= 4 is 11.6 Å². The molecule has 0 aromatic heterocycles. The number of hydrogen-bond acceptors (Lipinski definition) is 2. The minimum Gasteiger partial charge on any atom is -1.00 e. The highest BCUT2D eigenvalue weighted by Gasteiger charge is 2.21. The molecule has 0 N–H and O–H groups in total. The van der Waals surface area contributed by atoms with Crippen LogP contribution in [0.5, 0.6) is 0 Å². The molecule has 0 atom stereocenters. The number of benzene rings is 2. The number of carbonyl (C=O) groups excluding carboxylic acids is 2. The Morgan fingerprint density at radius 3 is 1.08 bits per heavy atom. The van der Waals surface area contributed by atoms with Crippen molar-refractivity contribution in [3.05, 3.63) is 71.8 Å². The quantitative estimate of drug-likeness (QED) is 0.141. The van der Waals surface area contributed by atoms with Crippen molar-refractivity contribution < 1.29 is 52.5 Å². The highest BCUT2D eigenvalue weighted by molar-refractivity contribution is 5.97. The maximum absolute atomic E-state index is 12.5. The molecule has 0 saturated carbocycles. The molecule has 2 aromatic rings. The van der Waals surface area contributed by atoms with Crippen LogP contribution in [0.15, 0.2) is 60.7 Å². The largest absolute Gasteiger partial charge is 1.00 e. The Morgan fingerprint density at radius 2 is 0.778 bits per heavy atom. The number of rotatable bonds is 17. The number of Topliss-reactive ketones (excluding diaryl/α,β-unsaturated/α-hetero) is 2. The minimum atomic E-state index is 0. The lowest BCUT2D eigenvalue weighted by molar-refractivity contribution is -0.882.